The van der Waals surface area contributed by atoms with Gasteiger partial charge in [0.2, 0.25) is 5.88 Å². The Morgan fingerprint density at radius 3 is 2.67 bits per heavy atom. The minimum absolute atomic E-state index is 0.572. The maximum atomic E-state index is 6.25. The number of hydrogen-bond donors (Lipinski definition) is 1. The van der Waals surface area contributed by atoms with E-state index in [-0.39, 0.29) is 0 Å². The maximum Gasteiger partial charge on any atom is 0.221 e. The van der Waals surface area contributed by atoms with Gasteiger partial charge in [0.1, 0.15) is 10.7 Å². The van der Waals surface area contributed by atoms with Crippen molar-refractivity contribution in [3.8, 4) is 17.1 Å². The molecule has 0 spiro atoms. The highest BCUT2D eigenvalue weighted by Gasteiger charge is 2.25. The van der Waals surface area contributed by atoms with Crippen molar-refractivity contribution in [3.05, 3.63) is 10.7 Å². The summed E-state index contributed by atoms with van der Waals surface area (Å²) >= 11 is 1.63. The number of ether oxygens (including phenoxy) is 1. The lowest BCUT2D eigenvalue weighted by molar-refractivity contribution is 0.374. The molecular weight excluding hydrogens is 284 g/mol. The molecule has 1 saturated carbocycles. The molecule has 2 aromatic heterocycles. The maximum absolute atomic E-state index is 6.25. The first kappa shape index (κ1) is 14.4. The lowest BCUT2D eigenvalue weighted by Gasteiger charge is -2.18. The third-order valence-electron chi connectivity index (χ3n) is 4.22. The fourth-order valence-electron chi connectivity index (χ4n) is 3.20. The third-order valence-corrected chi connectivity index (χ3v) is 5.27. The minimum atomic E-state index is 0.572. The van der Waals surface area contributed by atoms with Gasteiger partial charge in [-0.15, -0.1) is 11.3 Å². The molecule has 2 heterocycles. The summed E-state index contributed by atoms with van der Waals surface area (Å²) in [5, 5.41) is 6.36. The van der Waals surface area contributed by atoms with Crippen molar-refractivity contribution in [3.63, 3.8) is 0 Å². The van der Waals surface area contributed by atoms with E-state index in [0.717, 1.165) is 27.8 Å². The van der Waals surface area contributed by atoms with Crippen LogP contribution in [0, 0.1) is 6.92 Å². The molecule has 0 amide bonds. The lowest BCUT2D eigenvalue weighted by Crippen LogP contribution is -2.03. The van der Waals surface area contributed by atoms with Crippen LogP contribution in [0.3, 0.4) is 0 Å². The molecule has 2 aromatic rings. The quantitative estimate of drug-likeness (QED) is 0.942. The predicted octanol–water partition coefficient (Wildman–Crippen LogP) is 3.49. The van der Waals surface area contributed by atoms with Crippen molar-refractivity contribution in [2.45, 2.75) is 44.9 Å². The van der Waals surface area contributed by atoms with Crippen molar-refractivity contribution >= 4 is 16.3 Å². The molecule has 114 valence electrons. The molecular formula is C15H22N4OS. The first-order valence-corrected chi connectivity index (χ1v) is 8.27. The number of aromatic nitrogens is 3. The smallest absolute Gasteiger partial charge is 0.221 e. The minimum Gasteiger partial charge on any atom is -0.481 e. The van der Waals surface area contributed by atoms with Crippen LogP contribution in [0.4, 0.5) is 5.00 Å². The van der Waals surface area contributed by atoms with Crippen LogP contribution in [-0.2, 0) is 7.05 Å². The van der Waals surface area contributed by atoms with Gasteiger partial charge in [0.05, 0.1) is 23.4 Å². The number of aryl methyl sites for hydroxylation is 2. The summed E-state index contributed by atoms with van der Waals surface area (Å²) in [6.07, 6.45) is 6.41. The van der Waals surface area contributed by atoms with Gasteiger partial charge in [0.25, 0.3) is 0 Å². The largest absolute Gasteiger partial charge is 0.481 e. The van der Waals surface area contributed by atoms with Crippen LogP contribution in [0.15, 0.2) is 0 Å². The summed E-state index contributed by atoms with van der Waals surface area (Å²) in [6, 6.07) is 0. The highest BCUT2D eigenvalue weighted by atomic mass is 32.1. The number of rotatable bonds is 3. The molecule has 5 nitrogen and oxygen atoms in total. The van der Waals surface area contributed by atoms with Crippen LogP contribution < -0.4 is 10.5 Å². The van der Waals surface area contributed by atoms with E-state index < -0.39 is 0 Å². The van der Waals surface area contributed by atoms with Crippen molar-refractivity contribution in [2.24, 2.45) is 7.05 Å². The predicted molar refractivity (Wildman–Crippen MR) is 85.8 cm³/mol. The van der Waals surface area contributed by atoms with E-state index >= 15 is 0 Å². The normalized spacial score (nSPS) is 16.3. The van der Waals surface area contributed by atoms with Gasteiger partial charge in [-0.25, -0.2) is 9.67 Å². The summed E-state index contributed by atoms with van der Waals surface area (Å²) in [4.78, 5) is 4.85. The van der Waals surface area contributed by atoms with Crippen molar-refractivity contribution in [1.29, 1.82) is 0 Å². The molecule has 1 fully saturated rings. The van der Waals surface area contributed by atoms with Gasteiger partial charge in [0.15, 0.2) is 0 Å². The summed E-state index contributed by atoms with van der Waals surface area (Å²) in [5.41, 5.74) is 8.91. The summed E-state index contributed by atoms with van der Waals surface area (Å²) in [6.45, 7) is 1.97. The number of thiazole rings is 1. The van der Waals surface area contributed by atoms with Crippen LogP contribution in [0.5, 0.6) is 5.88 Å². The number of nitrogens with two attached hydrogens (primary N) is 1. The second kappa shape index (κ2) is 5.67. The first-order chi connectivity index (χ1) is 10.1. The summed E-state index contributed by atoms with van der Waals surface area (Å²) in [5.74, 6) is 1.29. The second-order valence-electron chi connectivity index (χ2n) is 5.69. The number of nitrogens with zero attached hydrogens (tertiary/aromatic N) is 3. The van der Waals surface area contributed by atoms with Gasteiger partial charge in [-0.1, -0.05) is 19.3 Å². The van der Waals surface area contributed by atoms with Crippen LogP contribution in [-0.4, -0.2) is 21.9 Å². The molecule has 2 N–H and O–H groups in total. The Morgan fingerprint density at radius 2 is 2.00 bits per heavy atom. The number of nitrogen functional groups attached to an aromatic ring is 1. The van der Waals surface area contributed by atoms with Crippen molar-refractivity contribution in [1.82, 2.24) is 14.8 Å². The molecule has 1 aliphatic carbocycles. The average Bonchev–Trinajstić information content (AvgIpc) is 2.99. The van der Waals surface area contributed by atoms with Gasteiger partial charge in [-0.3, -0.25) is 0 Å². The number of anilines is 1. The second-order valence-corrected chi connectivity index (χ2v) is 6.76. The molecule has 0 bridgehead atoms. The molecule has 0 radical (unpaired) electrons. The van der Waals surface area contributed by atoms with E-state index in [1.54, 1.807) is 23.1 Å². The van der Waals surface area contributed by atoms with E-state index in [2.05, 4.69) is 5.10 Å². The zero-order valence-corrected chi connectivity index (χ0v) is 13.7. The first-order valence-electron chi connectivity index (χ1n) is 7.46. The Morgan fingerprint density at radius 1 is 1.29 bits per heavy atom. The van der Waals surface area contributed by atoms with E-state index in [9.17, 15) is 0 Å². The molecule has 6 heteroatoms. The molecule has 0 unspecified atom stereocenters. The number of methoxy groups -OCH3 is 1. The molecule has 21 heavy (non-hydrogen) atoms. The van der Waals surface area contributed by atoms with Crippen molar-refractivity contribution in [2.75, 3.05) is 12.8 Å². The SMILES string of the molecule is COc1c(-c2nc(C3CCCCC3)sc2N)c(C)nn1C. The number of hydrogen-bond acceptors (Lipinski definition) is 5. The molecule has 3 rings (SSSR count). The monoisotopic (exact) mass is 306 g/mol. The molecule has 1 aliphatic rings. The van der Waals surface area contributed by atoms with Crippen molar-refractivity contribution < 1.29 is 4.74 Å². The molecule has 0 aliphatic heterocycles. The summed E-state index contributed by atoms with van der Waals surface area (Å²) < 4.78 is 7.21. The molecule has 0 aromatic carbocycles. The van der Waals surface area contributed by atoms with Gasteiger partial charge in [0, 0.05) is 13.0 Å². The Balaban J connectivity index is 2.01. The van der Waals surface area contributed by atoms with Crippen LogP contribution in [0.1, 0.15) is 48.7 Å². The molecule has 0 saturated heterocycles. The fourth-order valence-corrected chi connectivity index (χ4v) is 4.21. The standard InChI is InChI=1S/C15H22N4OS/c1-9-11(15(20-3)19(2)18-9)12-13(16)21-14(17-12)10-7-5-4-6-8-10/h10H,4-8,16H2,1-3H3. The van der Waals surface area contributed by atoms with Crippen LogP contribution in [0.25, 0.3) is 11.3 Å². The van der Waals surface area contributed by atoms with E-state index in [1.807, 2.05) is 14.0 Å². The van der Waals surface area contributed by atoms with Gasteiger partial charge >= 0.3 is 0 Å². The fraction of sp³-hybridized carbons (Fsp3) is 0.600. The third kappa shape index (κ3) is 2.52. The topological polar surface area (TPSA) is 66.0 Å². The van der Waals surface area contributed by atoms with Gasteiger partial charge < -0.3 is 10.5 Å². The highest BCUT2D eigenvalue weighted by Crippen LogP contribution is 2.42. The van der Waals surface area contributed by atoms with Crippen LogP contribution >= 0.6 is 11.3 Å². The van der Waals surface area contributed by atoms with Gasteiger partial charge in [-0.05, 0) is 19.8 Å². The van der Waals surface area contributed by atoms with E-state index in [1.165, 1.54) is 37.1 Å². The Hall–Kier alpha value is -1.56. The zero-order chi connectivity index (χ0) is 15.0. The average molecular weight is 306 g/mol. The zero-order valence-electron chi connectivity index (χ0n) is 12.8. The summed E-state index contributed by atoms with van der Waals surface area (Å²) in [7, 11) is 3.53. The Bertz CT molecular complexity index is 640. The van der Waals surface area contributed by atoms with Crippen LogP contribution in [0.2, 0.25) is 0 Å². The van der Waals surface area contributed by atoms with E-state index in [0.29, 0.717) is 5.92 Å². The highest BCUT2D eigenvalue weighted by molar-refractivity contribution is 7.16. The van der Waals surface area contributed by atoms with E-state index in [4.69, 9.17) is 15.5 Å². The lowest BCUT2D eigenvalue weighted by atomic mass is 9.90. The molecule has 0 atom stereocenters. The van der Waals surface area contributed by atoms with Gasteiger partial charge in [-0.2, -0.15) is 5.10 Å². The Labute approximate surface area is 129 Å². The Kier molecular flexibility index (Phi) is 3.89.